The molecule has 0 saturated carbocycles. The van der Waals surface area contributed by atoms with Crippen LogP contribution < -0.4 is 10.1 Å². The molecule has 0 fully saturated rings. The highest BCUT2D eigenvalue weighted by molar-refractivity contribution is 5.93. The molecule has 0 bridgehead atoms. The van der Waals surface area contributed by atoms with Crippen LogP contribution in [0.3, 0.4) is 0 Å². The van der Waals surface area contributed by atoms with Crippen molar-refractivity contribution in [3.05, 3.63) is 58.7 Å². The maximum Gasteiger partial charge on any atom is 0.262 e. The van der Waals surface area contributed by atoms with Crippen molar-refractivity contribution < 1.29 is 9.53 Å². The Labute approximate surface area is 170 Å². The van der Waals surface area contributed by atoms with Crippen molar-refractivity contribution in [1.29, 1.82) is 0 Å². The number of benzene rings is 2. The first-order chi connectivity index (χ1) is 12.9. The summed E-state index contributed by atoms with van der Waals surface area (Å²) in [6.07, 6.45) is 1.10. The Hall–Kier alpha value is -2.29. The van der Waals surface area contributed by atoms with Gasteiger partial charge in [0.15, 0.2) is 6.61 Å². The van der Waals surface area contributed by atoms with Crippen LogP contribution in [-0.4, -0.2) is 12.5 Å². The van der Waals surface area contributed by atoms with Gasteiger partial charge in [0.25, 0.3) is 5.91 Å². The highest BCUT2D eigenvalue weighted by Crippen LogP contribution is 2.36. The third-order valence-corrected chi connectivity index (χ3v) is 4.92. The van der Waals surface area contributed by atoms with Crippen molar-refractivity contribution >= 4 is 11.6 Å². The summed E-state index contributed by atoms with van der Waals surface area (Å²) in [6.45, 7) is 17.4. The van der Waals surface area contributed by atoms with E-state index in [4.69, 9.17) is 4.74 Å². The Bertz CT molecular complexity index is 804. The van der Waals surface area contributed by atoms with E-state index in [9.17, 15) is 4.79 Å². The fraction of sp³-hybridized carbons (Fsp3) is 0.480. The topological polar surface area (TPSA) is 38.3 Å². The van der Waals surface area contributed by atoms with Crippen LogP contribution in [0.2, 0.25) is 0 Å². The molecule has 3 heteroatoms. The number of rotatable bonds is 6. The molecule has 0 aliphatic carbocycles. The number of nitrogens with one attached hydrogen (secondary N) is 1. The van der Waals surface area contributed by atoms with E-state index < -0.39 is 0 Å². The predicted octanol–water partition coefficient (Wildman–Crippen LogP) is 6.34. The second-order valence-corrected chi connectivity index (χ2v) is 9.76. The van der Waals surface area contributed by atoms with Gasteiger partial charge in [-0.1, -0.05) is 64.4 Å². The van der Waals surface area contributed by atoms with E-state index in [0.717, 1.165) is 23.2 Å². The summed E-state index contributed by atoms with van der Waals surface area (Å²) in [5.74, 6) is 0.565. The Morgan fingerprint density at radius 3 is 1.96 bits per heavy atom. The third kappa shape index (κ3) is 6.12. The lowest BCUT2D eigenvalue weighted by Gasteiger charge is -2.33. The number of hydrogen-bond acceptors (Lipinski definition) is 2. The van der Waals surface area contributed by atoms with Crippen LogP contribution in [0.4, 0.5) is 5.69 Å². The summed E-state index contributed by atoms with van der Waals surface area (Å²) in [5.41, 5.74) is 5.84. The Morgan fingerprint density at radius 1 is 0.929 bits per heavy atom. The van der Waals surface area contributed by atoms with Crippen molar-refractivity contribution in [3.8, 4) is 5.75 Å². The lowest BCUT2D eigenvalue weighted by molar-refractivity contribution is -0.118. The molecule has 2 aromatic carbocycles. The molecule has 0 aromatic heterocycles. The average molecular weight is 382 g/mol. The molecule has 0 heterocycles. The van der Waals surface area contributed by atoms with E-state index in [1.807, 2.05) is 26.0 Å². The van der Waals surface area contributed by atoms with Crippen LogP contribution in [0.1, 0.15) is 63.3 Å². The number of carbonyl (C=O) groups excluding carboxylic acids is 1. The standard InChI is InChI=1S/C25H35NO2/c1-17-13-18(2)23(19(3)14-17)26-22(27)15-28-21-11-9-20(10-12-21)25(7,8)16-24(4,5)6/h9-14H,15-16H2,1-8H3,(H,26,27). The third-order valence-electron chi connectivity index (χ3n) is 4.92. The van der Waals surface area contributed by atoms with Crippen molar-refractivity contribution in [3.63, 3.8) is 0 Å². The number of hydrogen-bond donors (Lipinski definition) is 1. The first-order valence-electron chi connectivity index (χ1n) is 9.98. The van der Waals surface area contributed by atoms with Crippen LogP contribution in [-0.2, 0) is 10.2 Å². The van der Waals surface area contributed by atoms with E-state index in [1.165, 1.54) is 11.1 Å². The Balaban J connectivity index is 1.97. The summed E-state index contributed by atoms with van der Waals surface area (Å²) < 4.78 is 5.70. The van der Waals surface area contributed by atoms with E-state index in [1.54, 1.807) is 0 Å². The van der Waals surface area contributed by atoms with Crippen LogP contribution in [0.15, 0.2) is 36.4 Å². The molecule has 2 aromatic rings. The van der Waals surface area contributed by atoms with Gasteiger partial charge in [0.1, 0.15) is 5.75 Å². The highest BCUT2D eigenvalue weighted by atomic mass is 16.5. The smallest absolute Gasteiger partial charge is 0.262 e. The maximum atomic E-state index is 12.3. The molecular formula is C25H35NO2. The minimum Gasteiger partial charge on any atom is -0.484 e. The molecule has 0 aliphatic rings. The highest BCUT2D eigenvalue weighted by Gasteiger charge is 2.27. The zero-order chi connectivity index (χ0) is 21.1. The van der Waals surface area contributed by atoms with E-state index in [2.05, 4.69) is 71.1 Å². The summed E-state index contributed by atoms with van der Waals surface area (Å²) in [6, 6.07) is 12.3. The van der Waals surface area contributed by atoms with Crippen LogP contribution in [0, 0.1) is 26.2 Å². The minimum atomic E-state index is -0.146. The van der Waals surface area contributed by atoms with Gasteiger partial charge in [0.2, 0.25) is 0 Å². The second kappa shape index (κ2) is 8.38. The number of ether oxygens (including phenoxy) is 1. The molecule has 1 amide bonds. The molecule has 152 valence electrons. The SMILES string of the molecule is Cc1cc(C)c(NC(=O)COc2ccc(C(C)(C)CC(C)(C)C)cc2)c(C)c1. The van der Waals surface area contributed by atoms with Crippen LogP contribution >= 0.6 is 0 Å². The maximum absolute atomic E-state index is 12.3. The number of carbonyl (C=O) groups is 1. The quantitative estimate of drug-likeness (QED) is 0.634. The van der Waals surface area contributed by atoms with Gasteiger partial charge >= 0.3 is 0 Å². The lowest BCUT2D eigenvalue weighted by atomic mass is 9.72. The molecule has 0 atom stereocenters. The van der Waals surface area contributed by atoms with Crippen molar-refractivity contribution in [2.24, 2.45) is 5.41 Å². The molecule has 0 unspecified atom stereocenters. The van der Waals surface area contributed by atoms with Gasteiger partial charge < -0.3 is 10.1 Å². The summed E-state index contributed by atoms with van der Waals surface area (Å²) >= 11 is 0. The Morgan fingerprint density at radius 2 is 1.46 bits per heavy atom. The minimum absolute atomic E-state index is 0.00249. The molecule has 0 spiro atoms. The normalized spacial score (nSPS) is 12.0. The molecule has 2 rings (SSSR count). The molecule has 28 heavy (non-hydrogen) atoms. The van der Waals surface area contributed by atoms with Crippen molar-refractivity contribution in [2.45, 2.75) is 67.2 Å². The average Bonchev–Trinajstić information content (AvgIpc) is 2.54. The van der Waals surface area contributed by atoms with Crippen molar-refractivity contribution in [1.82, 2.24) is 0 Å². The van der Waals surface area contributed by atoms with Crippen LogP contribution in [0.25, 0.3) is 0 Å². The summed E-state index contributed by atoms with van der Waals surface area (Å²) in [5, 5.41) is 2.97. The number of aryl methyl sites for hydroxylation is 3. The molecule has 0 radical (unpaired) electrons. The molecule has 3 nitrogen and oxygen atoms in total. The van der Waals surface area contributed by atoms with Gasteiger partial charge in [0, 0.05) is 5.69 Å². The van der Waals surface area contributed by atoms with Gasteiger partial charge in [-0.3, -0.25) is 4.79 Å². The predicted molar refractivity (Wildman–Crippen MR) is 118 cm³/mol. The molecule has 0 aliphatic heterocycles. The fourth-order valence-electron chi connectivity index (χ4n) is 4.13. The first kappa shape index (κ1) is 22.0. The fourth-order valence-corrected chi connectivity index (χ4v) is 4.13. The zero-order valence-corrected chi connectivity index (χ0v) is 18.7. The molecule has 1 N–H and O–H groups in total. The van der Waals surface area contributed by atoms with Gasteiger partial charge in [0.05, 0.1) is 0 Å². The summed E-state index contributed by atoms with van der Waals surface area (Å²) in [4.78, 5) is 12.3. The Kier molecular flexibility index (Phi) is 6.59. The van der Waals surface area contributed by atoms with E-state index in [0.29, 0.717) is 5.75 Å². The number of anilines is 1. The molecule has 0 saturated heterocycles. The largest absolute Gasteiger partial charge is 0.484 e. The number of amides is 1. The second-order valence-electron chi connectivity index (χ2n) is 9.76. The molecular weight excluding hydrogens is 346 g/mol. The zero-order valence-electron chi connectivity index (χ0n) is 18.7. The summed E-state index contributed by atoms with van der Waals surface area (Å²) in [7, 11) is 0. The van der Waals surface area contributed by atoms with Gasteiger partial charge in [-0.05, 0) is 66.8 Å². The van der Waals surface area contributed by atoms with Crippen LogP contribution in [0.5, 0.6) is 5.75 Å². The van der Waals surface area contributed by atoms with Gasteiger partial charge in [-0.2, -0.15) is 0 Å². The van der Waals surface area contributed by atoms with Gasteiger partial charge in [-0.15, -0.1) is 0 Å². The lowest BCUT2D eigenvalue weighted by Crippen LogP contribution is -2.24. The van der Waals surface area contributed by atoms with E-state index in [-0.39, 0.29) is 23.3 Å². The van der Waals surface area contributed by atoms with E-state index >= 15 is 0 Å². The monoisotopic (exact) mass is 381 g/mol. The first-order valence-corrected chi connectivity index (χ1v) is 9.98. The van der Waals surface area contributed by atoms with Gasteiger partial charge in [-0.25, -0.2) is 0 Å². The van der Waals surface area contributed by atoms with Crippen molar-refractivity contribution in [2.75, 3.05) is 11.9 Å².